The number of ether oxygens (including phenoxy) is 2. The molecule has 0 radical (unpaired) electrons. The molecule has 2 aliphatic heterocycles. The predicted molar refractivity (Wildman–Crippen MR) is 149 cm³/mol. The standard InChI is InChI=1S/C31H32N4O2/c1-4-18-17-35-12-10-23-25-16-21(37-3)6-8-27(25)34-31(23)29(35)14-19(18)13-28-30-22(9-11-32-28)24-15-20(36-2)5-7-26(24)33-30/h4-9,11,15-16,18-19,29,33-34H,1,10,12-14,17H2,2-3H3/t18-,19-,29-/m0/s1. The number of piperidine rings is 1. The van der Waals surface area contributed by atoms with Crippen molar-refractivity contribution in [3.63, 3.8) is 0 Å². The maximum atomic E-state index is 5.52. The Kier molecular flexibility index (Phi) is 5.25. The molecule has 5 heterocycles. The monoisotopic (exact) mass is 492 g/mol. The fourth-order valence-electron chi connectivity index (χ4n) is 6.78. The third-order valence-corrected chi connectivity index (χ3v) is 8.71. The molecule has 0 bridgehead atoms. The summed E-state index contributed by atoms with van der Waals surface area (Å²) in [4.78, 5) is 15.0. The Bertz CT molecular complexity index is 1650. The normalized spacial score (nSPS) is 21.7. The fraction of sp³-hybridized carbons (Fsp3) is 0.323. The lowest BCUT2D eigenvalue weighted by Gasteiger charge is -2.45. The van der Waals surface area contributed by atoms with Crippen LogP contribution in [-0.4, -0.2) is 47.2 Å². The molecule has 3 aromatic heterocycles. The van der Waals surface area contributed by atoms with Crippen LogP contribution in [0.5, 0.6) is 11.5 Å². The summed E-state index contributed by atoms with van der Waals surface area (Å²) in [6, 6.07) is 15.1. The van der Waals surface area contributed by atoms with Gasteiger partial charge in [0.1, 0.15) is 11.5 Å². The Morgan fingerprint density at radius 1 is 1.00 bits per heavy atom. The number of methoxy groups -OCH3 is 2. The van der Waals surface area contributed by atoms with Crippen LogP contribution in [0.15, 0.2) is 61.3 Å². The minimum atomic E-state index is 0.384. The highest BCUT2D eigenvalue weighted by atomic mass is 16.5. The molecule has 3 atom stereocenters. The van der Waals surface area contributed by atoms with Gasteiger partial charge < -0.3 is 19.4 Å². The van der Waals surface area contributed by atoms with E-state index >= 15 is 0 Å². The number of fused-ring (bicyclic) bond motifs is 8. The average molecular weight is 493 g/mol. The predicted octanol–water partition coefficient (Wildman–Crippen LogP) is 6.18. The van der Waals surface area contributed by atoms with Gasteiger partial charge in [-0.2, -0.15) is 0 Å². The van der Waals surface area contributed by atoms with E-state index in [1.165, 1.54) is 32.9 Å². The maximum Gasteiger partial charge on any atom is 0.119 e. The minimum absolute atomic E-state index is 0.384. The molecule has 2 aliphatic rings. The molecule has 2 N–H and O–H groups in total. The van der Waals surface area contributed by atoms with Gasteiger partial charge in [0, 0.05) is 52.2 Å². The van der Waals surface area contributed by atoms with Gasteiger partial charge in [-0.05, 0) is 79.1 Å². The number of nitrogens with one attached hydrogen (secondary N) is 2. The van der Waals surface area contributed by atoms with E-state index in [1.807, 2.05) is 18.3 Å². The van der Waals surface area contributed by atoms with E-state index in [2.05, 4.69) is 57.9 Å². The van der Waals surface area contributed by atoms with E-state index in [9.17, 15) is 0 Å². The second-order valence-corrected chi connectivity index (χ2v) is 10.5. The number of aromatic nitrogens is 3. The second kappa shape index (κ2) is 8.67. The van der Waals surface area contributed by atoms with Gasteiger partial charge in [0.25, 0.3) is 0 Å². The zero-order chi connectivity index (χ0) is 25.1. The van der Waals surface area contributed by atoms with Crippen LogP contribution in [0, 0.1) is 11.8 Å². The van der Waals surface area contributed by atoms with Crippen LogP contribution >= 0.6 is 0 Å². The van der Waals surface area contributed by atoms with Crippen LogP contribution in [-0.2, 0) is 12.8 Å². The summed E-state index contributed by atoms with van der Waals surface area (Å²) in [5, 5.41) is 3.69. The summed E-state index contributed by atoms with van der Waals surface area (Å²) in [6.45, 7) is 6.36. The first kappa shape index (κ1) is 22.4. The summed E-state index contributed by atoms with van der Waals surface area (Å²) >= 11 is 0. The van der Waals surface area contributed by atoms with Gasteiger partial charge in [0.05, 0.1) is 31.5 Å². The SMILES string of the molecule is C=C[C@H]1CN2CCc3c([nH]c4ccc(OC)cc34)[C@@H]2C[C@@H]1Cc1nccc2c1[nH]c1ccc(OC)cc12. The minimum Gasteiger partial charge on any atom is -0.497 e. The molecule has 0 amide bonds. The topological polar surface area (TPSA) is 66.2 Å². The van der Waals surface area contributed by atoms with Crippen molar-refractivity contribution < 1.29 is 9.47 Å². The molecule has 6 heteroatoms. The third-order valence-electron chi connectivity index (χ3n) is 8.71. The van der Waals surface area contributed by atoms with Crippen LogP contribution in [0.3, 0.4) is 0 Å². The zero-order valence-corrected chi connectivity index (χ0v) is 21.4. The Morgan fingerprint density at radius 3 is 2.51 bits per heavy atom. The highest BCUT2D eigenvalue weighted by Crippen LogP contribution is 2.45. The van der Waals surface area contributed by atoms with Crippen LogP contribution in [0.2, 0.25) is 0 Å². The summed E-state index contributed by atoms with van der Waals surface area (Å²) in [5.41, 5.74) is 7.43. The van der Waals surface area contributed by atoms with Gasteiger partial charge in [-0.1, -0.05) is 6.08 Å². The lowest BCUT2D eigenvalue weighted by atomic mass is 9.76. The van der Waals surface area contributed by atoms with Crippen LogP contribution < -0.4 is 9.47 Å². The third kappa shape index (κ3) is 3.54. The Hall–Kier alpha value is -3.77. The van der Waals surface area contributed by atoms with Gasteiger partial charge in [-0.3, -0.25) is 9.88 Å². The number of benzene rings is 2. The van der Waals surface area contributed by atoms with E-state index in [-0.39, 0.29) is 0 Å². The van der Waals surface area contributed by atoms with E-state index in [0.717, 1.165) is 60.6 Å². The number of rotatable bonds is 5. The summed E-state index contributed by atoms with van der Waals surface area (Å²) in [7, 11) is 3.45. The van der Waals surface area contributed by atoms with Gasteiger partial charge >= 0.3 is 0 Å². The first-order chi connectivity index (χ1) is 18.2. The molecule has 5 aromatic rings. The molecule has 2 aromatic carbocycles. The maximum absolute atomic E-state index is 5.52. The molecule has 6 nitrogen and oxygen atoms in total. The molecule has 0 unspecified atom stereocenters. The average Bonchev–Trinajstić information content (AvgIpc) is 3.51. The van der Waals surface area contributed by atoms with E-state index in [4.69, 9.17) is 14.5 Å². The van der Waals surface area contributed by atoms with Crippen LogP contribution in [0.1, 0.15) is 29.4 Å². The van der Waals surface area contributed by atoms with Crippen molar-refractivity contribution in [3.05, 3.63) is 78.3 Å². The summed E-state index contributed by atoms with van der Waals surface area (Å²) in [6.07, 6.45) is 7.19. The van der Waals surface area contributed by atoms with Gasteiger partial charge in [-0.15, -0.1) is 6.58 Å². The smallest absolute Gasteiger partial charge is 0.119 e. The number of aromatic amines is 2. The number of hydrogen-bond donors (Lipinski definition) is 2. The van der Waals surface area contributed by atoms with E-state index in [1.54, 1.807) is 14.2 Å². The van der Waals surface area contributed by atoms with Gasteiger partial charge in [0.2, 0.25) is 0 Å². The highest BCUT2D eigenvalue weighted by Gasteiger charge is 2.39. The van der Waals surface area contributed by atoms with Crippen molar-refractivity contribution in [2.75, 3.05) is 27.3 Å². The molecular formula is C31H32N4O2. The first-order valence-electron chi connectivity index (χ1n) is 13.1. The van der Waals surface area contributed by atoms with Crippen LogP contribution in [0.4, 0.5) is 0 Å². The fourth-order valence-corrected chi connectivity index (χ4v) is 6.78. The van der Waals surface area contributed by atoms with Crippen molar-refractivity contribution in [2.24, 2.45) is 11.8 Å². The largest absolute Gasteiger partial charge is 0.497 e. The highest BCUT2D eigenvalue weighted by molar-refractivity contribution is 6.08. The molecule has 1 saturated heterocycles. The van der Waals surface area contributed by atoms with Crippen molar-refractivity contribution in [3.8, 4) is 11.5 Å². The number of nitrogens with zero attached hydrogens (tertiary/aromatic N) is 2. The summed E-state index contributed by atoms with van der Waals surface area (Å²) in [5.74, 6) is 2.68. The first-order valence-corrected chi connectivity index (χ1v) is 13.1. The van der Waals surface area contributed by atoms with E-state index < -0.39 is 0 Å². The van der Waals surface area contributed by atoms with Crippen molar-refractivity contribution >= 4 is 32.7 Å². The molecule has 37 heavy (non-hydrogen) atoms. The molecule has 1 fully saturated rings. The van der Waals surface area contributed by atoms with E-state index in [0.29, 0.717) is 17.9 Å². The quantitative estimate of drug-likeness (QED) is 0.288. The lowest BCUT2D eigenvalue weighted by molar-refractivity contribution is 0.0707. The van der Waals surface area contributed by atoms with Gasteiger partial charge in [0.15, 0.2) is 0 Å². The second-order valence-electron chi connectivity index (χ2n) is 10.5. The molecule has 0 spiro atoms. The zero-order valence-electron chi connectivity index (χ0n) is 21.4. The Labute approximate surface area is 216 Å². The molecular weight excluding hydrogens is 460 g/mol. The lowest BCUT2D eigenvalue weighted by Crippen LogP contribution is -2.46. The van der Waals surface area contributed by atoms with Crippen molar-refractivity contribution in [1.29, 1.82) is 0 Å². The Balaban J connectivity index is 1.25. The summed E-state index contributed by atoms with van der Waals surface area (Å²) < 4.78 is 11.0. The number of pyridine rings is 1. The van der Waals surface area contributed by atoms with Gasteiger partial charge in [-0.25, -0.2) is 0 Å². The molecule has 7 rings (SSSR count). The number of hydrogen-bond acceptors (Lipinski definition) is 4. The Morgan fingerprint density at radius 2 is 1.76 bits per heavy atom. The molecule has 0 saturated carbocycles. The number of H-pyrrole nitrogens is 2. The van der Waals surface area contributed by atoms with Crippen molar-refractivity contribution in [1.82, 2.24) is 19.9 Å². The van der Waals surface area contributed by atoms with Crippen LogP contribution in [0.25, 0.3) is 32.7 Å². The molecule has 188 valence electrons. The van der Waals surface area contributed by atoms with Crippen molar-refractivity contribution in [2.45, 2.75) is 25.3 Å². The molecule has 0 aliphatic carbocycles.